The van der Waals surface area contributed by atoms with Crippen LogP contribution in [0.2, 0.25) is 0 Å². The van der Waals surface area contributed by atoms with Gasteiger partial charge in [-0.2, -0.15) is 0 Å². The first-order valence-electron chi connectivity index (χ1n) is 8.65. The number of rotatable bonds is 5. The van der Waals surface area contributed by atoms with E-state index in [4.69, 9.17) is 9.15 Å². The van der Waals surface area contributed by atoms with Crippen LogP contribution in [0.1, 0.15) is 29.8 Å². The second-order valence-corrected chi connectivity index (χ2v) is 5.86. The Morgan fingerprint density at radius 2 is 1.88 bits per heavy atom. The summed E-state index contributed by atoms with van der Waals surface area (Å²) in [5.74, 6) is 0.786. The molecule has 1 amide bonds. The summed E-state index contributed by atoms with van der Waals surface area (Å²) < 4.78 is 11.8. The van der Waals surface area contributed by atoms with Gasteiger partial charge in [0.25, 0.3) is 5.91 Å². The van der Waals surface area contributed by atoms with Gasteiger partial charge in [0.05, 0.1) is 23.1 Å². The molecule has 3 aromatic rings. The van der Waals surface area contributed by atoms with Crippen LogP contribution < -0.4 is 15.5 Å². The highest BCUT2D eigenvalue weighted by Gasteiger charge is 2.19. The molecule has 1 heterocycles. The number of amides is 1. The molecule has 0 radical (unpaired) electrons. The standard InChI is InChI=1S/C21H21NO4/c1-4-22-21(24)16-11-8-10-15-18(23)13(3)19(26-20(15)16)14-9-6-7-12-17(14)25-5-2/h6-12H,4-5H2,1-3H3,(H,22,24). The number of nitrogens with one attached hydrogen (secondary N) is 1. The molecule has 0 aliphatic heterocycles. The normalized spacial score (nSPS) is 10.7. The minimum Gasteiger partial charge on any atom is -0.493 e. The van der Waals surface area contributed by atoms with Gasteiger partial charge in [0.2, 0.25) is 0 Å². The molecule has 5 heteroatoms. The Labute approximate surface area is 151 Å². The van der Waals surface area contributed by atoms with Gasteiger partial charge in [-0.25, -0.2) is 0 Å². The lowest BCUT2D eigenvalue weighted by molar-refractivity contribution is 0.0956. The molecule has 0 bridgehead atoms. The molecular weight excluding hydrogens is 330 g/mol. The zero-order valence-corrected chi connectivity index (χ0v) is 15.1. The number of para-hydroxylation sites is 2. The van der Waals surface area contributed by atoms with Crippen molar-refractivity contribution in [3.8, 4) is 17.1 Å². The van der Waals surface area contributed by atoms with Crippen molar-refractivity contribution in [2.75, 3.05) is 13.2 Å². The first kappa shape index (κ1) is 17.7. The largest absolute Gasteiger partial charge is 0.493 e. The molecule has 0 unspecified atom stereocenters. The van der Waals surface area contributed by atoms with Gasteiger partial charge in [0.15, 0.2) is 11.0 Å². The number of ether oxygens (including phenoxy) is 1. The first-order chi connectivity index (χ1) is 12.6. The smallest absolute Gasteiger partial charge is 0.255 e. The highest BCUT2D eigenvalue weighted by Crippen LogP contribution is 2.33. The minimum atomic E-state index is -0.269. The number of hydrogen-bond donors (Lipinski definition) is 1. The van der Waals surface area contributed by atoms with Gasteiger partial charge in [0, 0.05) is 12.1 Å². The number of carbonyl (C=O) groups excluding carboxylic acids is 1. The van der Waals surface area contributed by atoms with Crippen LogP contribution in [0.5, 0.6) is 5.75 Å². The van der Waals surface area contributed by atoms with Gasteiger partial charge in [-0.05, 0) is 45.0 Å². The highest BCUT2D eigenvalue weighted by atomic mass is 16.5. The Hall–Kier alpha value is -3.08. The van der Waals surface area contributed by atoms with Crippen molar-refractivity contribution in [3.05, 3.63) is 63.8 Å². The molecule has 0 saturated carbocycles. The maximum Gasteiger partial charge on any atom is 0.255 e. The van der Waals surface area contributed by atoms with Gasteiger partial charge in [-0.1, -0.05) is 18.2 Å². The quantitative estimate of drug-likeness (QED) is 0.756. The second-order valence-electron chi connectivity index (χ2n) is 5.86. The Balaban J connectivity index is 2.32. The lowest BCUT2D eigenvalue weighted by Gasteiger charge is -2.13. The molecule has 0 saturated heterocycles. The zero-order valence-electron chi connectivity index (χ0n) is 15.1. The van der Waals surface area contributed by atoms with Crippen LogP contribution in [0.3, 0.4) is 0 Å². The van der Waals surface area contributed by atoms with Crippen LogP contribution in [0.25, 0.3) is 22.3 Å². The van der Waals surface area contributed by atoms with Crippen LogP contribution in [-0.2, 0) is 0 Å². The molecule has 0 aliphatic carbocycles. The van der Waals surface area contributed by atoms with E-state index in [-0.39, 0.29) is 16.9 Å². The van der Waals surface area contributed by atoms with E-state index >= 15 is 0 Å². The van der Waals surface area contributed by atoms with E-state index < -0.39 is 0 Å². The molecule has 0 fully saturated rings. The fourth-order valence-electron chi connectivity index (χ4n) is 2.94. The second kappa shape index (κ2) is 7.44. The van der Waals surface area contributed by atoms with E-state index in [0.717, 1.165) is 0 Å². The minimum absolute atomic E-state index is 0.154. The Morgan fingerprint density at radius 3 is 2.62 bits per heavy atom. The zero-order chi connectivity index (χ0) is 18.7. The SMILES string of the molecule is CCNC(=O)c1cccc2c(=O)c(C)c(-c3ccccc3OCC)oc12. The van der Waals surface area contributed by atoms with Crippen molar-refractivity contribution >= 4 is 16.9 Å². The van der Waals surface area contributed by atoms with Gasteiger partial charge >= 0.3 is 0 Å². The molecule has 1 aromatic heterocycles. The number of benzene rings is 2. The summed E-state index contributed by atoms with van der Waals surface area (Å²) in [7, 11) is 0. The van der Waals surface area contributed by atoms with Crippen molar-refractivity contribution in [3.63, 3.8) is 0 Å². The maximum absolute atomic E-state index is 12.9. The van der Waals surface area contributed by atoms with Gasteiger partial charge < -0.3 is 14.5 Å². The van der Waals surface area contributed by atoms with Crippen LogP contribution >= 0.6 is 0 Å². The average molecular weight is 351 g/mol. The topological polar surface area (TPSA) is 68.5 Å². The summed E-state index contributed by atoms with van der Waals surface area (Å²) in [4.78, 5) is 25.3. The van der Waals surface area contributed by atoms with E-state index in [0.29, 0.717) is 46.7 Å². The summed E-state index contributed by atoms with van der Waals surface area (Å²) in [6, 6.07) is 12.4. The summed E-state index contributed by atoms with van der Waals surface area (Å²) in [5.41, 5.74) is 1.65. The molecule has 0 aliphatic rings. The van der Waals surface area contributed by atoms with Crippen LogP contribution in [0, 0.1) is 6.92 Å². The fraction of sp³-hybridized carbons (Fsp3) is 0.238. The Morgan fingerprint density at radius 1 is 1.12 bits per heavy atom. The predicted molar refractivity (Wildman–Crippen MR) is 102 cm³/mol. The van der Waals surface area contributed by atoms with Crippen molar-refractivity contribution < 1.29 is 13.9 Å². The molecule has 0 atom stereocenters. The van der Waals surface area contributed by atoms with E-state index in [9.17, 15) is 9.59 Å². The van der Waals surface area contributed by atoms with Gasteiger partial charge in [-0.15, -0.1) is 0 Å². The Kier molecular flexibility index (Phi) is 5.07. The molecule has 3 rings (SSSR count). The Bertz CT molecular complexity index is 1020. The lowest BCUT2D eigenvalue weighted by atomic mass is 10.0. The van der Waals surface area contributed by atoms with Crippen molar-refractivity contribution in [2.45, 2.75) is 20.8 Å². The molecular formula is C21H21NO4. The summed E-state index contributed by atoms with van der Waals surface area (Å²) in [5, 5.41) is 3.15. The first-order valence-corrected chi connectivity index (χ1v) is 8.65. The van der Waals surface area contributed by atoms with E-state index in [1.807, 2.05) is 38.1 Å². The number of fused-ring (bicyclic) bond motifs is 1. The van der Waals surface area contributed by atoms with E-state index in [1.165, 1.54) is 0 Å². The third-order valence-corrected chi connectivity index (χ3v) is 4.16. The third kappa shape index (κ3) is 3.08. The van der Waals surface area contributed by atoms with E-state index in [1.54, 1.807) is 25.1 Å². The van der Waals surface area contributed by atoms with E-state index in [2.05, 4.69) is 5.32 Å². The number of carbonyl (C=O) groups is 1. The molecule has 0 spiro atoms. The monoisotopic (exact) mass is 351 g/mol. The average Bonchev–Trinajstić information content (AvgIpc) is 2.65. The van der Waals surface area contributed by atoms with Crippen LogP contribution in [0.4, 0.5) is 0 Å². The van der Waals surface area contributed by atoms with Gasteiger partial charge in [0.1, 0.15) is 11.5 Å². The lowest BCUT2D eigenvalue weighted by Crippen LogP contribution is -2.23. The van der Waals surface area contributed by atoms with Crippen molar-refractivity contribution in [2.24, 2.45) is 0 Å². The third-order valence-electron chi connectivity index (χ3n) is 4.16. The summed E-state index contributed by atoms with van der Waals surface area (Å²) >= 11 is 0. The molecule has 5 nitrogen and oxygen atoms in total. The van der Waals surface area contributed by atoms with Crippen LogP contribution in [-0.4, -0.2) is 19.1 Å². The highest BCUT2D eigenvalue weighted by molar-refractivity contribution is 6.05. The number of hydrogen-bond acceptors (Lipinski definition) is 4. The van der Waals surface area contributed by atoms with Crippen LogP contribution in [0.15, 0.2) is 51.7 Å². The summed E-state index contributed by atoms with van der Waals surface area (Å²) in [6.07, 6.45) is 0. The van der Waals surface area contributed by atoms with Gasteiger partial charge in [-0.3, -0.25) is 9.59 Å². The summed E-state index contributed by atoms with van der Waals surface area (Å²) in [6.45, 7) is 6.45. The molecule has 2 aromatic carbocycles. The predicted octanol–water partition coefficient (Wildman–Crippen LogP) is 3.92. The molecule has 134 valence electrons. The van der Waals surface area contributed by atoms with Crippen molar-refractivity contribution in [1.29, 1.82) is 0 Å². The molecule has 26 heavy (non-hydrogen) atoms. The van der Waals surface area contributed by atoms with Crippen molar-refractivity contribution in [1.82, 2.24) is 5.32 Å². The fourth-order valence-corrected chi connectivity index (χ4v) is 2.94. The molecule has 1 N–H and O–H groups in total. The maximum atomic E-state index is 12.9.